The predicted molar refractivity (Wildman–Crippen MR) is 80.9 cm³/mol. The highest BCUT2D eigenvalue weighted by Crippen LogP contribution is 2.26. The van der Waals surface area contributed by atoms with Crippen molar-refractivity contribution in [3.8, 4) is 0 Å². The first-order chi connectivity index (χ1) is 7.68. The fourth-order valence-corrected chi connectivity index (χ4v) is 1.53. The molecule has 0 unspecified atom stereocenters. The van der Waals surface area contributed by atoms with E-state index in [4.69, 9.17) is 10.5 Å². The number of hydrogen-bond acceptors (Lipinski definition) is 2. The third kappa shape index (κ3) is 4.16. The van der Waals surface area contributed by atoms with Gasteiger partial charge in [-0.15, -0.1) is 24.0 Å². The molecule has 1 aromatic rings. The lowest BCUT2D eigenvalue weighted by atomic mass is 9.89. The average molecular weight is 347 g/mol. The first kappa shape index (κ1) is 14.2. The maximum Gasteiger partial charge on any atom is 0.193 e. The monoisotopic (exact) mass is 347 g/mol. The van der Waals surface area contributed by atoms with E-state index in [1.54, 1.807) is 0 Å². The Bertz CT molecular complexity index is 377. The number of aliphatic imine (C=N–C) groups is 1. The molecule has 1 aliphatic heterocycles. The number of guanidine groups is 1. The van der Waals surface area contributed by atoms with Crippen LogP contribution in [0.2, 0.25) is 0 Å². The van der Waals surface area contributed by atoms with E-state index >= 15 is 0 Å². The Balaban J connectivity index is 0.00000144. The molecule has 4 nitrogen and oxygen atoms in total. The average Bonchev–Trinajstić information content (AvgIpc) is 2.25. The minimum Gasteiger partial charge on any atom is -0.380 e. The summed E-state index contributed by atoms with van der Waals surface area (Å²) in [7, 11) is 0. The van der Waals surface area contributed by atoms with Crippen molar-refractivity contribution in [2.75, 3.05) is 25.1 Å². The maximum absolute atomic E-state index is 5.79. The second-order valence-electron chi connectivity index (χ2n) is 4.50. The summed E-state index contributed by atoms with van der Waals surface area (Å²) in [4.78, 5) is 4.32. The molecule has 0 bridgehead atoms. The first-order valence-electron chi connectivity index (χ1n) is 5.38. The summed E-state index contributed by atoms with van der Waals surface area (Å²) < 4.78 is 5.16. The molecule has 5 heteroatoms. The number of nitrogens with zero attached hydrogens (tertiary/aromatic N) is 1. The van der Waals surface area contributed by atoms with Gasteiger partial charge in [-0.3, -0.25) is 4.99 Å². The Labute approximate surface area is 119 Å². The van der Waals surface area contributed by atoms with Gasteiger partial charge in [-0.2, -0.15) is 0 Å². The molecule has 1 fully saturated rings. The number of benzene rings is 1. The van der Waals surface area contributed by atoms with E-state index in [0.717, 1.165) is 18.9 Å². The molecule has 1 aliphatic rings. The topological polar surface area (TPSA) is 59.6 Å². The Morgan fingerprint density at radius 2 is 2.06 bits per heavy atom. The highest BCUT2D eigenvalue weighted by atomic mass is 127. The van der Waals surface area contributed by atoms with Crippen LogP contribution in [0, 0.1) is 5.41 Å². The van der Waals surface area contributed by atoms with Gasteiger partial charge in [-0.1, -0.05) is 25.1 Å². The molecule has 0 radical (unpaired) electrons. The lowest BCUT2D eigenvalue weighted by Gasteiger charge is -2.36. The third-order valence-electron chi connectivity index (χ3n) is 2.58. The van der Waals surface area contributed by atoms with E-state index in [1.807, 2.05) is 30.3 Å². The number of anilines is 1. The van der Waals surface area contributed by atoms with E-state index in [2.05, 4.69) is 17.2 Å². The van der Waals surface area contributed by atoms with Crippen molar-refractivity contribution < 1.29 is 4.74 Å². The molecule has 1 heterocycles. The second-order valence-corrected chi connectivity index (χ2v) is 4.50. The van der Waals surface area contributed by atoms with Crippen molar-refractivity contribution in [2.45, 2.75) is 6.92 Å². The zero-order valence-electron chi connectivity index (χ0n) is 9.85. The first-order valence-corrected chi connectivity index (χ1v) is 5.38. The minimum absolute atomic E-state index is 0. The highest BCUT2D eigenvalue weighted by Gasteiger charge is 2.32. The molecule has 1 saturated heterocycles. The molecule has 0 amide bonds. The largest absolute Gasteiger partial charge is 0.380 e. The van der Waals surface area contributed by atoms with Gasteiger partial charge in [0, 0.05) is 11.1 Å². The van der Waals surface area contributed by atoms with Crippen LogP contribution in [0.4, 0.5) is 5.69 Å². The molecule has 17 heavy (non-hydrogen) atoms. The van der Waals surface area contributed by atoms with Crippen LogP contribution in [0.15, 0.2) is 35.3 Å². The molecule has 3 N–H and O–H groups in total. The third-order valence-corrected chi connectivity index (χ3v) is 2.58. The van der Waals surface area contributed by atoms with Gasteiger partial charge in [0.2, 0.25) is 0 Å². The molecule has 0 atom stereocenters. The van der Waals surface area contributed by atoms with Crippen LogP contribution in [-0.2, 0) is 4.74 Å². The lowest BCUT2D eigenvalue weighted by Crippen LogP contribution is -2.43. The van der Waals surface area contributed by atoms with Crippen LogP contribution in [0.25, 0.3) is 0 Å². The van der Waals surface area contributed by atoms with Crippen LogP contribution < -0.4 is 11.1 Å². The zero-order chi connectivity index (χ0) is 11.4. The van der Waals surface area contributed by atoms with Crippen molar-refractivity contribution in [2.24, 2.45) is 16.1 Å². The van der Waals surface area contributed by atoms with Gasteiger partial charge in [0.15, 0.2) is 5.96 Å². The number of nitrogens with two attached hydrogens (primary N) is 1. The SMILES string of the molecule is CC1(CN=C(N)Nc2ccccc2)COC1.I. The highest BCUT2D eigenvalue weighted by molar-refractivity contribution is 14.0. The maximum atomic E-state index is 5.79. The smallest absolute Gasteiger partial charge is 0.193 e. The number of halogens is 1. The van der Waals surface area contributed by atoms with E-state index in [-0.39, 0.29) is 29.4 Å². The Morgan fingerprint density at radius 1 is 1.41 bits per heavy atom. The molecular weight excluding hydrogens is 329 g/mol. The Morgan fingerprint density at radius 3 is 2.59 bits per heavy atom. The summed E-state index contributed by atoms with van der Waals surface area (Å²) in [6.45, 7) is 4.40. The lowest BCUT2D eigenvalue weighted by molar-refractivity contribution is -0.0944. The number of hydrogen-bond donors (Lipinski definition) is 2. The molecule has 0 saturated carbocycles. The minimum atomic E-state index is 0. The molecule has 2 rings (SSSR count). The van der Waals surface area contributed by atoms with Gasteiger partial charge < -0.3 is 15.8 Å². The van der Waals surface area contributed by atoms with Crippen molar-refractivity contribution in [1.82, 2.24) is 0 Å². The van der Waals surface area contributed by atoms with E-state index in [1.165, 1.54) is 0 Å². The molecular formula is C12H18IN3O. The fourth-order valence-electron chi connectivity index (χ4n) is 1.53. The van der Waals surface area contributed by atoms with E-state index in [0.29, 0.717) is 12.5 Å². The fraction of sp³-hybridized carbons (Fsp3) is 0.417. The Kier molecular flexibility index (Phi) is 5.20. The van der Waals surface area contributed by atoms with Gasteiger partial charge >= 0.3 is 0 Å². The quantitative estimate of drug-likeness (QED) is 0.500. The van der Waals surface area contributed by atoms with Gasteiger partial charge in [0.1, 0.15) is 0 Å². The van der Waals surface area contributed by atoms with Gasteiger partial charge in [-0.05, 0) is 12.1 Å². The molecule has 0 spiro atoms. The van der Waals surface area contributed by atoms with Crippen molar-refractivity contribution in [1.29, 1.82) is 0 Å². The van der Waals surface area contributed by atoms with Crippen LogP contribution in [-0.4, -0.2) is 25.7 Å². The van der Waals surface area contributed by atoms with Gasteiger partial charge in [-0.25, -0.2) is 0 Å². The van der Waals surface area contributed by atoms with Gasteiger partial charge in [0.25, 0.3) is 0 Å². The summed E-state index contributed by atoms with van der Waals surface area (Å²) in [5.41, 5.74) is 6.92. The van der Waals surface area contributed by atoms with E-state index in [9.17, 15) is 0 Å². The summed E-state index contributed by atoms with van der Waals surface area (Å²) in [5.74, 6) is 0.458. The summed E-state index contributed by atoms with van der Waals surface area (Å²) >= 11 is 0. The van der Waals surface area contributed by atoms with Crippen molar-refractivity contribution >= 4 is 35.6 Å². The zero-order valence-corrected chi connectivity index (χ0v) is 12.2. The van der Waals surface area contributed by atoms with Crippen LogP contribution in [0.3, 0.4) is 0 Å². The van der Waals surface area contributed by atoms with Crippen LogP contribution in [0.1, 0.15) is 6.92 Å². The van der Waals surface area contributed by atoms with Crippen molar-refractivity contribution in [3.63, 3.8) is 0 Å². The summed E-state index contributed by atoms with van der Waals surface area (Å²) in [5, 5.41) is 3.05. The summed E-state index contributed by atoms with van der Waals surface area (Å²) in [6, 6.07) is 9.78. The van der Waals surface area contributed by atoms with Crippen LogP contribution >= 0.6 is 24.0 Å². The number of rotatable bonds is 3. The van der Waals surface area contributed by atoms with E-state index < -0.39 is 0 Å². The predicted octanol–water partition coefficient (Wildman–Crippen LogP) is 2.07. The Hall–Kier alpha value is -0.820. The van der Waals surface area contributed by atoms with Crippen molar-refractivity contribution in [3.05, 3.63) is 30.3 Å². The number of nitrogens with one attached hydrogen (secondary N) is 1. The molecule has 94 valence electrons. The number of para-hydroxylation sites is 1. The second kappa shape index (κ2) is 6.20. The van der Waals surface area contributed by atoms with Gasteiger partial charge in [0.05, 0.1) is 19.8 Å². The number of ether oxygens (including phenoxy) is 1. The van der Waals surface area contributed by atoms with Crippen LogP contribution in [0.5, 0.6) is 0 Å². The normalized spacial score (nSPS) is 17.8. The summed E-state index contributed by atoms with van der Waals surface area (Å²) in [6.07, 6.45) is 0. The standard InChI is InChI=1S/C12H17N3O.HI/c1-12(8-16-9-12)7-14-11(13)15-10-5-3-2-4-6-10;/h2-6H,7-9H2,1H3,(H3,13,14,15);1H. The molecule has 0 aromatic heterocycles. The molecule has 0 aliphatic carbocycles. The molecule has 1 aromatic carbocycles.